The van der Waals surface area contributed by atoms with Crippen LogP contribution in [-0.4, -0.2) is 52.2 Å². The van der Waals surface area contributed by atoms with Crippen LogP contribution in [0.25, 0.3) is 0 Å². The number of nitrogens with zero attached hydrogens (tertiary/aromatic N) is 2. The molecule has 5 heteroatoms. The fourth-order valence-corrected chi connectivity index (χ4v) is 9.60. The van der Waals surface area contributed by atoms with Crippen molar-refractivity contribution in [3.8, 4) is 0 Å². The van der Waals surface area contributed by atoms with Gasteiger partial charge in [0.05, 0.1) is 23.6 Å². The summed E-state index contributed by atoms with van der Waals surface area (Å²) in [6, 6.07) is 20.5. The molecule has 5 heterocycles. The maximum absolute atomic E-state index is 12.1. The smallest absolute Gasteiger partial charge is 0.194 e. The van der Waals surface area contributed by atoms with E-state index in [0.29, 0.717) is 18.0 Å². The van der Waals surface area contributed by atoms with Crippen LogP contribution in [0, 0.1) is 17.8 Å². The number of quaternary nitrogens is 1. The lowest BCUT2D eigenvalue weighted by Crippen LogP contribution is -3.00. The lowest BCUT2D eigenvalue weighted by atomic mass is 9.60. The van der Waals surface area contributed by atoms with E-state index in [1.807, 2.05) is 0 Å². The summed E-state index contributed by atoms with van der Waals surface area (Å²) < 4.78 is 0.769. The zero-order valence-electron chi connectivity index (χ0n) is 18.8. The molecule has 4 unspecified atom stereocenters. The van der Waals surface area contributed by atoms with Crippen LogP contribution in [-0.2, 0) is 12.0 Å². The third-order valence-electron chi connectivity index (χ3n) is 10.4. The number of fused-ring (bicyclic) bond motifs is 2. The predicted molar refractivity (Wildman–Crippen MR) is 120 cm³/mol. The van der Waals surface area contributed by atoms with Gasteiger partial charge < -0.3 is 27.5 Å². The van der Waals surface area contributed by atoms with Crippen LogP contribution in [0.15, 0.2) is 54.6 Å². The van der Waals surface area contributed by atoms with Crippen molar-refractivity contribution in [2.24, 2.45) is 17.8 Å². The molecule has 0 amide bonds. The molecule has 1 aliphatic carbocycles. The van der Waals surface area contributed by atoms with Gasteiger partial charge in [-0.3, -0.25) is 4.48 Å². The number of aliphatic hydroxyl groups excluding tert-OH is 2. The van der Waals surface area contributed by atoms with Gasteiger partial charge in [-0.2, -0.15) is 0 Å². The van der Waals surface area contributed by atoms with Crippen molar-refractivity contribution in [1.29, 1.82) is 0 Å². The van der Waals surface area contributed by atoms with Gasteiger partial charge >= 0.3 is 0 Å². The van der Waals surface area contributed by atoms with Crippen LogP contribution in [0.4, 0.5) is 5.69 Å². The first-order valence-electron chi connectivity index (χ1n) is 12.1. The molecule has 0 aromatic heterocycles. The highest BCUT2D eigenvalue weighted by atomic mass is 35.5. The number of benzene rings is 2. The molecule has 1 spiro atoms. The highest BCUT2D eigenvalue weighted by Crippen LogP contribution is 2.71. The Labute approximate surface area is 196 Å². The number of halogens is 1. The van der Waals surface area contributed by atoms with E-state index in [0.717, 1.165) is 30.3 Å². The number of piperidine rings is 4. The SMILES string of the molecule is CC[C@H]1C2C[C@H]3[C@@H]4N(C)c5ccccc5C45C[C@@H](C2C5O)[N@@+]3(Cc2ccccc2)[C@@H]1O.[Cl-]. The van der Waals surface area contributed by atoms with E-state index in [9.17, 15) is 10.2 Å². The molecule has 2 aromatic rings. The fraction of sp³-hybridized carbons (Fsp3) is 0.556. The minimum atomic E-state index is -0.337. The van der Waals surface area contributed by atoms with Crippen LogP contribution in [0.5, 0.6) is 0 Å². The molecule has 8 rings (SSSR count). The summed E-state index contributed by atoms with van der Waals surface area (Å²) >= 11 is 0. The van der Waals surface area contributed by atoms with Gasteiger partial charge in [-0.15, -0.1) is 0 Å². The van der Waals surface area contributed by atoms with Crippen molar-refractivity contribution in [3.63, 3.8) is 0 Å². The van der Waals surface area contributed by atoms with E-state index in [4.69, 9.17) is 0 Å². The van der Waals surface area contributed by atoms with Crippen molar-refractivity contribution in [3.05, 3.63) is 65.7 Å². The average molecular weight is 453 g/mol. The molecule has 5 fully saturated rings. The molecule has 5 aliphatic heterocycles. The minimum absolute atomic E-state index is 0. The largest absolute Gasteiger partial charge is 1.00 e. The molecule has 1 saturated carbocycles. The molecule has 170 valence electrons. The maximum atomic E-state index is 12.1. The third kappa shape index (κ3) is 2.08. The number of anilines is 1. The Balaban J connectivity index is 0.00000196. The third-order valence-corrected chi connectivity index (χ3v) is 10.4. The first-order chi connectivity index (χ1) is 15.1. The zero-order valence-corrected chi connectivity index (χ0v) is 19.6. The molecule has 4 nitrogen and oxygen atoms in total. The molecule has 2 N–H and O–H groups in total. The Morgan fingerprint density at radius 1 is 1.03 bits per heavy atom. The fourth-order valence-electron chi connectivity index (χ4n) is 9.60. The Hall–Kier alpha value is -1.59. The number of aliphatic hydroxyl groups is 2. The summed E-state index contributed by atoms with van der Waals surface area (Å²) in [4.78, 5) is 2.47. The summed E-state index contributed by atoms with van der Waals surface area (Å²) in [5.74, 6) is 1.01. The molecule has 5 bridgehead atoms. The summed E-state index contributed by atoms with van der Waals surface area (Å²) in [6.07, 6.45) is 2.47. The van der Waals surface area contributed by atoms with Crippen LogP contribution in [0.3, 0.4) is 0 Å². The molecular formula is C27H33ClN2O2. The monoisotopic (exact) mass is 452 g/mol. The van der Waals surface area contributed by atoms with Crippen LogP contribution < -0.4 is 17.3 Å². The second kappa shape index (κ2) is 6.73. The van der Waals surface area contributed by atoms with Gasteiger partial charge in [0.25, 0.3) is 0 Å². The van der Waals surface area contributed by atoms with E-state index >= 15 is 0 Å². The van der Waals surface area contributed by atoms with Gasteiger partial charge in [-0.25, -0.2) is 0 Å². The Morgan fingerprint density at radius 3 is 2.50 bits per heavy atom. The van der Waals surface area contributed by atoms with Gasteiger partial charge in [0.15, 0.2) is 6.23 Å². The molecule has 0 radical (unpaired) electrons. The quantitative estimate of drug-likeness (QED) is 0.657. The van der Waals surface area contributed by atoms with Crippen LogP contribution in [0.2, 0.25) is 0 Å². The summed E-state index contributed by atoms with van der Waals surface area (Å²) in [7, 11) is 2.23. The van der Waals surface area contributed by atoms with E-state index < -0.39 is 0 Å². The molecule has 2 aromatic carbocycles. The molecule has 32 heavy (non-hydrogen) atoms. The Bertz CT molecular complexity index is 1050. The molecule has 4 saturated heterocycles. The lowest BCUT2D eigenvalue weighted by Gasteiger charge is -2.68. The Morgan fingerprint density at radius 2 is 1.75 bits per heavy atom. The molecule has 6 aliphatic rings. The standard InChI is InChI=1S/C27H33N2O2.ClH/c1-3-17-18-13-21-24-27(19-11-7-8-12-20(19)28(24)2)14-22(23(18)25(27)30)29(21,26(17)31)15-16-9-5-4-6-10-16;/h4-12,17-18,21-26,30-31H,3,13-15H2,1-2H3;1H/q+1;/p-1/t17-,18?,21-,22-,23?,24-,25?,26+,27?,29-;/m0./s1. The molecule has 10 atom stereocenters. The lowest BCUT2D eigenvalue weighted by molar-refractivity contribution is -1.05. The number of rotatable bonds is 3. The number of hydrogen-bond donors (Lipinski definition) is 2. The summed E-state index contributed by atoms with van der Waals surface area (Å²) in [5, 5.41) is 24.1. The van der Waals surface area contributed by atoms with E-state index in [1.54, 1.807) is 0 Å². The minimum Gasteiger partial charge on any atom is -1.00 e. The van der Waals surface area contributed by atoms with Gasteiger partial charge in [0.1, 0.15) is 12.6 Å². The van der Waals surface area contributed by atoms with Crippen molar-refractivity contribution >= 4 is 5.69 Å². The summed E-state index contributed by atoms with van der Waals surface area (Å²) in [6.45, 7) is 3.11. The van der Waals surface area contributed by atoms with Crippen LogP contribution >= 0.6 is 0 Å². The van der Waals surface area contributed by atoms with Crippen LogP contribution in [0.1, 0.15) is 37.3 Å². The highest BCUT2D eigenvalue weighted by molar-refractivity contribution is 5.66. The van der Waals surface area contributed by atoms with Gasteiger partial charge in [-0.1, -0.05) is 55.5 Å². The average Bonchev–Trinajstić information content (AvgIpc) is 3.18. The number of likely N-dealkylation sites (N-methyl/N-ethyl adjacent to an activating group) is 1. The van der Waals surface area contributed by atoms with E-state index in [2.05, 4.69) is 73.5 Å². The van der Waals surface area contributed by atoms with E-state index in [-0.39, 0.29) is 48.0 Å². The zero-order chi connectivity index (χ0) is 21.1. The number of para-hydroxylation sites is 1. The van der Waals surface area contributed by atoms with Gasteiger partial charge in [0, 0.05) is 43.0 Å². The second-order valence-corrected chi connectivity index (χ2v) is 11.0. The van der Waals surface area contributed by atoms with E-state index in [1.165, 1.54) is 16.8 Å². The first-order valence-corrected chi connectivity index (χ1v) is 12.1. The summed E-state index contributed by atoms with van der Waals surface area (Å²) in [5.41, 5.74) is 3.78. The Kier molecular flexibility index (Phi) is 4.41. The first kappa shape index (κ1) is 21.0. The van der Waals surface area contributed by atoms with Crippen molar-refractivity contribution in [2.75, 3.05) is 11.9 Å². The maximum Gasteiger partial charge on any atom is 0.194 e. The molecular weight excluding hydrogens is 420 g/mol. The van der Waals surface area contributed by atoms with Gasteiger partial charge in [-0.05, 0) is 24.0 Å². The normalized spacial score (nSPS) is 46.7. The van der Waals surface area contributed by atoms with Crippen molar-refractivity contribution < 1.29 is 27.1 Å². The van der Waals surface area contributed by atoms with Crippen molar-refractivity contribution in [2.45, 2.75) is 68.6 Å². The highest BCUT2D eigenvalue weighted by Gasteiger charge is 2.82. The number of hydrogen-bond acceptors (Lipinski definition) is 3. The van der Waals surface area contributed by atoms with Crippen molar-refractivity contribution in [1.82, 2.24) is 0 Å². The topological polar surface area (TPSA) is 43.7 Å². The van der Waals surface area contributed by atoms with Gasteiger partial charge in [0.2, 0.25) is 0 Å². The second-order valence-electron chi connectivity index (χ2n) is 11.0. The predicted octanol–water partition coefficient (Wildman–Crippen LogP) is 0.274.